The minimum Gasteiger partial charge on any atom is -0.292 e. The monoisotopic (exact) mass is 768 g/mol. The molecule has 2 aromatic rings. The molecule has 1 heterocycles. The van der Waals surface area contributed by atoms with Crippen molar-refractivity contribution in [2.75, 3.05) is 5.88 Å². The number of alkyl halides is 5. The Morgan fingerprint density at radius 2 is 1.31 bits per heavy atom. The Labute approximate surface area is 289 Å². The van der Waals surface area contributed by atoms with Gasteiger partial charge < -0.3 is 0 Å². The van der Waals surface area contributed by atoms with Crippen molar-refractivity contribution in [2.24, 2.45) is 11.8 Å². The van der Waals surface area contributed by atoms with Gasteiger partial charge in [-0.3, -0.25) is 19.2 Å². The van der Waals surface area contributed by atoms with Crippen LogP contribution in [0.25, 0.3) is 0 Å². The molecule has 16 heteroatoms. The van der Waals surface area contributed by atoms with Crippen LogP contribution in [0.4, 0.5) is 0 Å². The zero-order valence-electron chi connectivity index (χ0n) is 20.5. The lowest BCUT2D eigenvalue weighted by Crippen LogP contribution is -2.60. The second-order valence-electron chi connectivity index (χ2n) is 9.71. The number of Topliss-reactive ketones (excluding diaryl/α,β-unsaturated/α-hetero) is 1. The predicted octanol–water partition coefficient (Wildman–Crippen LogP) is 8.33. The summed E-state index contributed by atoms with van der Waals surface area (Å²) in [4.78, 5) is 52.3. The third kappa shape index (κ3) is 4.35. The van der Waals surface area contributed by atoms with Gasteiger partial charge in [0.2, 0.25) is 0 Å². The van der Waals surface area contributed by atoms with Crippen molar-refractivity contribution in [2.45, 2.75) is 26.5 Å². The number of halogens is 10. The molecule has 0 aromatic heterocycles. The van der Waals surface area contributed by atoms with Gasteiger partial charge in [0, 0.05) is 21.5 Å². The van der Waals surface area contributed by atoms with Crippen molar-refractivity contribution >= 4 is 140 Å². The van der Waals surface area contributed by atoms with Crippen LogP contribution in [0.5, 0.6) is 0 Å². The molecule has 1 saturated heterocycles. The van der Waals surface area contributed by atoms with E-state index in [1.165, 1.54) is 42.5 Å². The van der Waals surface area contributed by atoms with Crippen molar-refractivity contribution < 1.29 is 19.2 Å². The summed E-state index contributed by atoms with van der Waals surface area (Å²) in [5.41, 5.74) is -0.0608. The van der Waals surface area contributed by atoms with Crippen LogP contribution in [0.1, 0.15) is 27.1 Å². The minimum atomic E-state index is -2.20. The van der Waals surface area contributed by atoms with Crippen molar-refractivity contribution in [1.82, 2.24) is 10.0 Å². The molecule has 42 heavy (non-hydrogen) atoms. The summed E-state index contributed by atoms with van der Waals surface area (Å²) < 4.78 is -2.20. The average molecular weight is 773 g/mol. The van der Waals surface area contributed by atoms with Gasteiger partial charge in [0.15, 0.2) is 10.1 Å². The third-order valence-corrected chi connectivity index (χ3v) is 12.9. The number of ketones is 1. The van der Waals surface area contributed by atoms with Gasteiger partial charge in [-0.25, -0.2) is 5.01 Å². The van der Waals surface area contributed by atoms with Crippen molar-refractivity contribution in [3.05, 3.63) is 78.7 Å². The molecule has 2 aliphatic carbocycles. The third-order valence-electron chi connectivity index (χ3n) is 7.58. The van der Waals surface area contributed by atoms with Gasteiger partial charge in [-0.1, -0.05) is 81.2 Å². The van der Waals surface area contributed by atoms with E-state index in [4.69, 9.17) is 116 Å². The van der Waals surface area contributed by atoms with Crippen molar-refractivity contribution in [1.29, 1.82) is 0 Å². The van der Waals surface area contributed by atoms with E-state index in [2.05, 4.69) is 0 Å². The highest BCUT2D eigenvalue weighted by Gasteiger charge is 2.88. The Hall–Kier alpha value is -0.640. The summed E-state index contributed by atoms with van der Waals surface area (Å²) in [5, 5.41) is 1.01. The fourth-order valence-corrected chi connectivity index (χ4v) is 9.38. The van der Waals surface area contributed by atoms with Crippen LogP contribution >= 0.6 is 116 Å². The van der Waals surface area contributed by atoms with E-state index in [0.29, 0.717) is 15.0 Å². The first-order valence-corrected chi connectivity index (χ1v) is 15.8. The number of fused-ring (bicyclic) bond motifs is 5. The molecular weight excluding hydrogens is 759 g/mol. The summed E-state index contributed by atoms with van der Waals surface area (Å²) in [6, 6.07) is 8.22. The predicted molar refractivity (Wildman–Crippen MR) is 167 cm³/mol. The number of hydrogen-bond acceptors (Lipinski definition) is 4. The topological polar surface area (TPSA) is 74.8 Å². The molecule has 1 aliphatic heterocycles. The Morgan fingerprint density at radius 1 is 0.810 bits per heavy atom. The number of benzene rings is 2. The molecule has 5 atom stereocenters. The molecule has 0 radical (unpaired) electrons. The fourth-order valence-electron chi connectivity index (χ4n) is 5.63. The molecule has 3 amide bonds. The van der Waals surface area contributed by atoms with E-state index < -0.39 is 55.5 Å². The zero-order chi connectivity index (χ0) is 31.1. The molecule has 2 bridgehead atoms. The van der Waals surface area contributed by atoms with Gasteiger partial charge in [0.05, 0.1) is 32.5 Å². The highest BCUT2D eigenvalue weighted by Crippen LogP contribution is 2.77. The molecule has 5 rings (SSSR count). The highest BCUT2D eigenvalue weighted by molar-refractivity contribution is 6.67. The number of rotatable bonds is 7. The molecule has 2 fully saturated rings. The number of carbonyl (C=O) groups excluding carboxylic acids is 4. The van der Waals surface area contributed by atoms with E-state index in [9.17, 15) is 19.2 Å². The second kappa shape index (κ2) is 11.3. The maximum absolute atomic E-state index is 14.2. The maximum Gasteiger partial charge on any atom is 0.275 e. The molecule has 3 aliphatic rings. The Balaban J connectivity index is 1.69. The molecule has 0 spiro atoms. The van der Waals surface area contributed by atoms with Crippen molar-refractivity contribution in [3.63, 3.8) is 0 Å². The molecule has 0 N–H and O–H groups in total. The first-order valence-electron chi connectivity index (χ1n) is 11.9. The Morgan fingerprint density at radius 3 is 1.79 bits per heavy atom. The second-order valence-corrected chi connectivity index (χ2v) is 14.6. The molecule has 1 saturated carbocycles. The van der Waals surface area contributed by atoms with E-state index in [1.54, 1.807) is 0 Å². The number of imide groups is 1. The first-order chi connectivity index (χ1) is 19.6. The van der Waals surface area contributed by atoms with Crippen LogP contribution in [0.15, 0.2) is 52.5 Å². The minimum absolute atomic E-state index is 0.114. The van der Waals surface area contributed by atoms with Gasteiger partial charge in [-0.05, 0) is 48.9 Å². The lowest BCUT2D eigenvalue weighted by molar-refractivity contribution is -0.157. The normalized spacial score (nSPS) is 28.4. The van der Waals surface area contributed by atoms with Crippen LogP contribution < -0.4 is 0 Å². The van der Waals surface area contributed by atoms with Crippen LogP contribution in [-0.4, -0.2) is 59.5 Å². The maximum atomic E-state index is 14.2. The van der Waals surface area contributed by atoms with Crippen LogP contribution in [-0.2, 0) is 9.59 Å². The molecule has 2 aromatic carbocycles. The van der Waals surface area contributed by atoms with Gasteiger partial charge in [-0.2, -0.15) is 5.01 Å². The average Bonchev–Trinajstić information content (AvgIpc) is 3.31. The van der Waals surface area contributed by atoms with Gasteiger partial charge in [0.25, 0.3) is 17.7 Å². The Kier molecular flexibility index (Phi) is 8.82. The smallest absolute Gasteiger partial charge is 0.275 e. The summed E-state index contributed by atoms with van der Waals surface area (Å²) in [7, 11) is 0. The quantitative estimate of drug-likeness (QED) is 0.161. The summed E-state index contributed by atoms with van der Waals surface area (Å²) in [5.74, 6) is -7.03. The van der Waals surface area contributed by atoms with Gasteiger partial charge in [-0.15, -0.1) is 34.8 Å². The first kappa shape index (κ1) is 32.7. The standard InChI is InChI=1S/C26H14Cl10N2O4/c27-8-7-15(18(39)10-1-3-11(28)4-2-10)37(21(40)13-6-5-12(29)9-14(13)30)38-22(41)16-17(23(38)42)25(34)20(32)19(31)24(16,33)26(25,35)36/h1-6,9,15-17H,7-8H2/t15-,16-,17-,24+,25+/m0/s1. The van der Waals surface area contributed by atoms with Gasteiger partial charge in [0.1, 0.15) is 15.8 Å². The number of hydrogen-bond donors (Lipinski definition) is 0. The Bertz CT molecular complexity index is 1540. The van der Waals surface area contributed by atoms with Crippen LogP contribution in [0.3, 0.4) is 0 Å². The number of nitrogens with zero attached hydrogens (tertiary/aromatic N) is 2. The number of hydrazine groups is 1. The summed E-state index contributed by atoms with van der Waals surface area (Å²) in [6.07, 6.45) is -0.195. The van der Waals surface area contributed by atoms with E-state index in [1.807, 2.05) is 0 Å². The van der Waals surface area contributed by atoms with E-state index in [0.717, 1.165) is 0 Å². The number of allylic oxidation sites excluding steroid dienone is 2. The summed E-state index contributed by atoms with van der Waals surface area (Å²) >= 11 is 64.2. The largest absolute Gasteiger partial charge is 0.292 e. The number of amides is 3. The van der Waals surface area contributed by atoms with Crippen LogP contribution in [0.2, 0.25) is 15.1 Å². The van der Waals surface area contributed by atoms with E-state index in [-0.39, 0.29) is 43.5 Å². The lowest BCUT2D eigenvalue weighted by atomic mass is 9.84. The van der Waals surface area contributed by atoms with E-state index >= 15 is 0 Å². The lowest BCUT2D eigenvalue weighted by Gasteiger charge is -2.39. The molecule has 0 unspecified atom stereocenters. The zero-order valence-corrected chi connectivity index (χ0v) is 28.1. The highest BCUT2D eigenvalue weighted by atomic mass is 35.5. The van der Waals surface area contributed by atoms with Gasteiger partial charge >= 0.3 is 0 Å². The molecule has 222 valence electrons. The van der Waals surface area contributed by atoms with Crippen LogP contribution in [0, 0.1) is 11.8 Å². The van der Waals surface area contributed by atoms with Crippen molar-refractivity contribution in [3.8, 4) is 0 Å². The molecular formula is C26H14Cl10N2O4. The summed E-state index contributed by atoms with van der Waals surface area (Å²) in [6.45, 7) is 0. The number of carbonyl (C=O) groups is 4. The molecule has 6 nitrogen and oxygen atoms in total. The fraction of sp³-hybridized carbons (Fsp3) is 0.308. The SMILES string of the molecule is O=C(c1ccc(Cl)cc1)[C@H](CCCl)N(C(=O)c1ccc(Cl)cc1Cl)N1C(=O)[C@@H]2[C@@H](C1=O)[C@@]1(Cl)C(Cl)=C(Cl)[C@@]2(Cl)C1(Cl)Cl.